The van der Waals surface area contributed by atoms with Crippen LogP contribution in [0.15, 0.2) is 194 Å². The molecule has 0 bridgehead atoms. The van der Waals surface area contributed by atoms with Gasteiger partial charge < -0.3 is 9.13 Å². The average Bonchev–Trinajstić information content (AvgIpc) is 3.73. The smallest absolute Gasteiger partial charge is 0.0549 e. The second kappa shape index (κ2) is 11.3. The van der Waals surface area contributed by atoms with Crippen LogP contribution < -0.4 is 0 Å². The van der Waals surface area contributed by atoms with Crippen molar-refractivity contribution in [2.45, 2.75) is 0 Å². The van der Waals surface area contributed by atoms with E-state index in [9.17, 15) is 0 Å². The molecule has 0 spiro atoms. The van der Waals surface area contributed by atoms with E-state index in [1.807, 2.05) is 0 Å². The first-order chi connectivity index (χ1) is 25.8. The summed E-state index contributed by atoms with van der Waals surface area (Å²) >= 11 is 0. The van der Waals surface area contributed by atoms with Gasteiger partial charge >= 0.3 is 0 Å². The van der Waals surface area contributed by atoms with Crippen LogP contribution in [0.5, 0.6) is 0 Å². The first-order valence-electron chi connectivity index (χ1n) is 17.9. The lowest BCUT2D eigenvalue weighted by Gasteiger charge is -2.15. The Morgan fingerprint density at radius 3 is 1.13 bits per heavy atom. The van der Waals surface area contributed by atoms with Crippen molar-refractivity contribution in [3.63, 3.8) is 0 Å². The van der Waals surface area contributed by atoms with Gasteiger partial charge in [0, 0.05) is 32.7 Å². The Morgan fingerprint density at radius 2 is 0.654 bits per heavy atom. The highest BCUT2D eigenvalue weighted by Gasteiger charge is 2.22. The number of nitrogens with zero attached hydrogens (tertiary/aromatic N) is 2. The van der Waals surface area contributed by atoms with Gasteiger partial charge in [-0.2, -0.15) is 0 Å². The molecule has 0 fully saturated rings. The van der Waals surface area contributed by atoms with E-state index in [4.69, 9.17) is 0 Å². The molecule has 2 nitrogen and oxygen atoms in total. The van der Waals surface area contributed by atoms with Crippen LogP contribution in [0.4, 0.5) is 0 Å². The van der Waals surface area contributed by atoms with Crippen molar-refractivity contribution in [2.75, 3.05) is 0 Å². The molecule has 2 heterocycles. The summed E-state index contributed by atoms with van der Waals surface area (Å²) in [5.41, 5.74) is 12.0. The van der Waals surface area contributed by atoms with E-state index < -0.39 is 0 Å². The van der Waals surface area contributed by atoms with E-state index >= 15 is 0 Å². The van der Waals surface area contributed by atoms with Crippen molar-refractivity contribution in [3.8, 4) is 33.6 Å². The van der Waals surface area contributed by atoms with Crippen molar-refractivity contribution in [2.24, 2.45) is 0 Å². The number of benzene rings is 9. The second-order valence-corrected chi connectivity index (χ2v) is 13.7. The molecule has 0 amide bonds. The molecular formula is C50H32N2. The van der Waals surface area contributed by atoms with Gasteiger partial charge in [0.05, 0.1) is 33.4 Å². The van der Waals surface area contributed by atoms with Crippen LogP contribution in [0.2, 0.25) is 0 Å². The highest BCUT2D eigenvalue weighted by molar-refractivity contribution is 6.29. The van der Waals surface area contributed by atoms with Gasteiger partial charge in [0.2, 0.25) is 0 Å². The highest BCUT2D eigenvalue weighted by Crippen LogP contribution is 2.44. The van der Waals surface area contributed by atoms with Crippen LogP contribution in [0.1, 0.15) is 0 Å². The van der Waals surface area contributed by atoms with Crippen molar-refractivity contribution in [3.05, 3.63) is 194 Å². The number of fused-ring (bicyclic) bond motifs is 9. The Balaban J connectivity index is 1.21. The van der Waals surface area contributed by atoms with Crippen molar-refractivity contribution >= 4 is 65.2 Å². The normalized spacial score (nSPS) is 11.8. The molecule has 0 N–H and O–H groups in total. The van der Waals surface area contributed by atoms with Crippen LogP contribution >= 0.6 is 0 Å². The van der Waals surface area contributed by atoms with E-state index in [0.29, 0.717) is 0 Å². The quantitative estimate of drug-likeness (QED) is 0.178. The fraction of sp³-hybridized carbons (Fsp3) is 0. The van der Waals surface area contributed by atoms with Crippen LogP contribution in [0, 0.1) is 0 Å². The predicted molar refractivity (Wildman–Crippen MR) is 221 cm³/mol. The minimum absolute atomic E-state index is 1.17. The second-order valence-electron chi connectivity index (χ2n) is 13.7. The standard InChI is InChI=1S/C50H32N2/c1-3-15-35-31-37(27-25-33(35)13-1)39-17-5-9-21-43(39)51-45-23-11-7-19-41(45)49-47(51)29-30-48-50(49)42-20-8-12-24-46(42)52(48)44-22-10-6-18-40(44)38-28-26-34-14-2-4-16-36(34)32-38/h1-32H. The first kappa shape index (κ1) is 28.9. The number of hydrogen-bond donors (Lipinski definition) is 0. The summed E-state index contributed by atoms with van der Waals surface area (Å²) in [6, 6.07) is 71.0. The van der Waals surface area contributed by atoms with Gasteiger partial charge in [-0.05, 0) is 81.2 Å². The van der Waals surface area contributed by atoms with Gasteiger partial charge in [0.1, 0.15) is 0 Å². The molecule has 0 saturated heterocycles. The van der Waals surface area contributed by atoms with Gasteiger partial charge in [-0.15, -0.1) is 0 Å². The molecule has 242 valence electrons. The summed E-state index contributed by atoms with van der Waals surface area (Å²) in [5, 5.41) is 10.1. The Labute approximate surface area is 301 Å². The molecule has 52 heavy (non-hydrogen) atoms. The first-order valence-corrected chi connectivity index (χ1v) is 17.9. The summed E-state index contributed by atoms with van der Waals surface area (Å²) in [7, 11) is 0. The van der Waals surface area contributed by atoms with Crippen molar-refractivity contribution < 1.29 is 0 Å². The van der Waals surface area contributed by atoms with Gasteiger partial charge in [0.15, 0.2) is 0 Å². The summed E-state index contributed by atoms with van der Waals surface area (Å²) < 4.78 is 4.95. The minimum atomic E-state index is 1.17. The maximum absolute atomic E-state index is 2.48. The lowest BCUT2D eigenvalue weighted by molar-refractivity contribution is 1.17. The molecular weight excluding hydrogens is 629 g/mol. The molecule has 0 aliphatic carbocycles. The molecule has 11 rings (SSSR count). The predicted octanol–water partition coefficient (Wildman–Crippen LogP) is 13.5. The van der Waals surface area contributed by atoms with E-state index in [1.54, 1.807) is 0 Å². The molecule has 0 aliphatic rings. The SMILES string of the molecule is c1ccc(-n2c3ccccc3c3c4c5ccccc5n(-c5ccccc5-c5ccc6ccccc6c5)c4ccc32)c(-c2ccc3ccccc3c2)c1. The zero-order chi connectivity index (χ0) is 34.2. The minimum Gasteiger partial charge on any atom is -0.309 e. The maximum Gasteiger partial charge on any atom is 0.0549 e. The van der Waals surface area contributed by atoms with Gasteiger partial charge in [-0.25, -0.2) is 0 Å². The molecule has 2 aromatic heterocycles. The molecule has 0 saturated carbocycles. The molecule has 0 radical (unpaired) electrons. The zero-order valence-corrected chi connectivity index (χ0v) is 28.4. The third-order valence-corrected chi connectivity index (χ3v) is 10.9. The Morgan fingerprint density at radius 1 is 0.269 bits per heavy atom. The van der Waals surface area contributed by atoms with E-state index in [1.165, 1.54) is 98.8 Å². The fourth-order valence-corrected chi connectivity index (χ4v) is 8.58. The van der Waals surface area contributed by atoms with Gasteiger partial charge in [-0.1, -0.05) is 146 Å². The Kier molecular flexibility index (Phi) is 6.28. The van der Waals surface area contributed by atoms with Gasteiger partial charge in [-0.3, -0.25) is 0 Å². The zero-order valence-electron chi connectivity index (χ0n) is 28.4. The highest BCUT2D eigenvalue weighted by atomic mass is 15.0. The third kappa shape index (κ3) is 4.25. The third-order valence-electron chi connectivity index (χ3n) is 10.9. The lowest BCUT2D eigenvalue weighted by atomic mass is 9.99. The van der Waals surface area contributed by atoms with Crippen LogP contribution in [-0.2, 0) is 0 Å². The lowest BCUT2D eigenvalue weighted by Crippen LogP contribution is -1.98. The van der Waals surface area contributed by atoms with Crippen LogP contribution in [-0.4, -0.2) is 9.13 Å². The Hall–Kier alpha value is -6.90. The maximum atomic E-state index is 2.48. The number of hydrogen-bond acceptors (Lipinski definition) is 0. The molecule has 0 unspecified atom stereocenters. The molecule has 0 atom stereocenters. The van der Waals surface area contributed by atoms with E-state index in [2.05, 4.69) is 203 Å². The molecule has 0 aliphatic heterocycles. The molecule has 9 aromatic carbocycles. The number of para-hydroxylation sites is 4. The van der Waals surface area contributed by atoms with E-state index in [0.717, 1.165) is 0 Å². The largest absolute Gasteiger partial charge is 0.309 e. The number of rotatable bonds is 4. The van der Waals surface area contributed by atoms with Crippen LogP contribution in [0.3, 0.4) is 0 Å². The summed E-state index contributed by atoms with van der Waals surface area (Å²) in [6.07, 6.45) is 0. The summed E-state index contributed by atoms with van der Waals surface area (Å²) in [4.78, 5) is 0. The summed E-state index contributed by atoms with van der Waals surface area (Å²) in [6.45, 7) is 0. The van der Waals surface area contributed by atoms with Crippen molar-refractivity contribution in [1.29, 1.82) is 0 Å². The molecule has 2 heteroatoms. The topological polar surface area (TPSA) is 9.86 Å². The summed E-state index contributed by atoms with van der Waals surface area (Å²) in [5.74, 6) is 0. The van der Waals surface area contributed by atoms with Crippen molar-refractivity contribution in [1.82, 2.24) is 9.13 Å². The molecule has 11 aromatic rings. The monoisotopic (exact) mass is 660 g/mol. The average molecular weight is 661 g/mol. The number of aromatic nitrogens is 2. The Bertz CT molecular complexity index is 2980. The fourth-order valence-electron chi connectivity index (χ4n) is 8.58. The van der Waals surface area contributed by atoms with Gasteiger partial charge in [0.25, 0.3) is 0 Å². The van der Waals surface area contributed by atoms with Crippen LogP contribution in [0.25, 0.3) is 98.8 Å². The van der Waals surface area contributed by atoms with E-state index in [-0.39, 0.29) is 0 Å².